The number of hydrogen-bond donors (Lipinski definition) is 0. The number of rotatable bonds is 7. The van der Waals surface area contributed by atoms with Crippen molar-refractivity contribution in [3.8, 4) is 67.5 Å². The van der Waals surface area contributed by atoms with Crippen LogP contribution >= 0.6 is 0 Å². The number of aromatic nitrogens is 4. The third-order valence-electron chi connectivity index (χ3n) is 12.1. The van der Waals surface area contributed by atoms with E-state index in [1.54, 1.807) is 0 Å². The van der Waals surface area contributed by atoms with E-state index in [0.717, 1.165) is 50.5 Å². The average molecular weight is 791 g/mol. The summed E-state index contributed by atoms with van der Waals surface area (Å²) >= 11 is 0. The van der Waals surface area contributed by atoms with Crippen LogP contribution in [0.3, 0.4) is 0 Å². The number of benzene rings is 9. The number of para-hydroxylation sites is 2. The summed E-state index contributed by atoms with van der Waals surface area (Å²) < 4.78 is 4.79. The average Bonchev–Trinajstić information content (AvgIpc) is 3.87. The Bertz CT molecular complexity index is 3550. The van der Waals surface area contributed by atoms with Crippen LogP contribution in [0.4, 0.5) is 0 Å². The summed E-state index contributed by atoms with van der Waals surface area (Å²) in [6, 6.07) is 82.2. The van der Waals surface area contributed by atoms with Crippen molar-refractivity contribution in [3.63, 3.8) is 0 Å². The molecule has 4 nitrogen and oxygen atoms in total. The molecule has 3 heterocycles. The van der Waals surface area contributed by atoms with E-state index in [4.69, 9.17) is 9.97 Å². The highest BCUT2D eigenvalue weighted by Crippen LogP contribution is 2.39. The second kappa shape index (κ2) is 14.7. The second-order valence-corrected chi connectivity index (χ2v) is 15.8. The monoisotopic (exact) mass is 790 g/mol. The van der Waals surface area contributed by atoms with Crippen LogP contribution in [0.2, 0.25) is 0 Å². The van der Waals surface area contributed by atoms with Crippen molar-refractivity contribution in [2.45, 2.75) is 0 Å². The molecule has 0 saturated heterocycles. The first kappa shape index (κ1) is 35.6. The van der Waals surface area contributed by atoms with Gasteiger partial charge in [-0.2, -0.15) is 0 Å². The summed E-state index contributed by atoms with van der Waals surface area (Å²) in [5.74, 6) is 0.705. The Hall–Kier alpha value is -8.34. The zero-order valence-electron chi connectivity index (χ0n) is 33.7. The fraction of sp³-hybridized carbons (Fsp3) is 0. The first-order valence-electron chi connectivity index (χ1n) is 21.1. The summed E-state index contributed by atoms with van der Waals surface area (Å²) in [5.41, 5.74) is 16.5. The molecule has 0 saturated carbocycles. The molecular weight excluding hydrogens is 753 g/mol. The molecule has 0 spiro atoms. The minimum Gasteiger partial charge on any atom is -0.309 e. The molecule has 290 valence electrons. The Morgan fingerprint density at radius 3 is 1.44 bits per heavy atom. The summed E-state index contributed by atoms with van der Waals surface area (Å²) in [6.07, 6.45) is 0. The SMILES string of the molecule is c1ccc(-c2ccc(-n3c4ccccc4c4ccc(-c5ccc6c(c5)c5ccccc5n6-c5cccc(-c6cc(-c7ccccc7)nc(-c7ccccc7)n6)c5)cc43)cc2)cc1. The van der Waals surface area contributed by atoms with Crippen LogP contribution in [0.5, 0.6) is 0 Å². The van der Waals surface area contributed by atoms with Gasteiger partial charge in [-0.25, -0.2) is 9.97 Å². The van der Waals surface area contributed by atoms with E-state index >= 15 is 0 Å². The van der Waals surface area contributed by atoms with Gasteiger partial charge >= 0.3 is 0 Å². The van der Waals surface area contributed by atoms with Gasteiger partial charge in [0, 0.05) is 49.6 Å². The van der Waals surface area contributed by atoms with Gasteiger partial charge in [-0.1, -0.05) is 170 Å². The maximum Gasteiger partial charge on any atom is 0.160 e. The van der Waals surface area contributed by atoms with Crippen LogP contribution in [-0.4, -0.2) is 19.1 Å². The second-order valence-electron chi connectivity index (χ2n) is 15.8. The van der Waals surface area contributed by atoms with Crippen LogP contribution in [0.1, 0.15) is 0 Å². The molecule has 0 fully saturated rings. The summed E-state index contributed by atoms with van der Waals surface area (Å²) in [5, 5.41) is 4.91. The minimum absolute atomic E-state index is 0.705. The lowest BCUT2D eigenvalue weighted by Crippen LogP contribution is -1.97. The standard InChI is InChI=1S/C58H38N4/c1-4-15-39(16-5-1)40-27-31-46(32-28-40)61-54-25-12-10-23-48(54)50-33-29-44(37-57(50)61)43-30-34-56-51(36-43)49-24-11-13-26-55(49)62(56)47-22-14-21-45(35-47)53-38-52(41-17-6-2-7-18-41)59-58(60-53)42-19-8-3-9-20-42/h1-38H. The third-order valence-corrected chi connectivity index (χ3v) is 12.1. The van der Waals surface area contributed by atoms with E-state index in [2.05, 4.69) is 215 Å². The molecule has 9 aromatic carbocycles. The highest BCUT2D eigenvalue weighted by Gasteiger charge is 2.18. The molecule has 0 aliphatic heterocycles. The predicted molar refractivity (Wildman–Crippen MR) is 258 cm³/mol. The van der Waals surface area contributed by atoms with Crippen molar-refractivity contribution in [1.82, 2.24) is 19.1 Å². The first-order valence-corrected chi connectivity index (χ1v) is 21.1. The molecule has 4 heteroatoms. The molecule has 0 aliphatic rings. The quantitative estimate of drug-likeness (QED) is 0.161. The topological polar surface area (TPSA) is 35.6 Å². The van der Waals surface area contributed by atoms with Crippen molar-refractivity contribution in [2.24, 2.45) is 0 Å². The van der Waals surface area contributed by atoms with E-state index < -0.39 is 0 Å². The highest BCUT2D eigenvalue weighted by atomic mass is 15.0. The van der Waals surface area contributed by atoms with E-state index in [1.165, 1.54) is 54.8 Å². The number of fused-ring (bicyclic) bond motifs is 6. The van der Waals surface area contributed by atoms with Gasteiger partial charge in [0.15, 0.2) is 5.82 Å². The fourth-order valence-corrected chi connectivity index (χ4v) is 9.17. The maximum absolute atomic E-state index is 5.15. The Morgan fingerprint density at radius 2 is 0.726 bits per heavy atom. The van der Waals surface area contributed by atoms with Crippen LogP contribution in [0.15, 0.2) is 231 Å². The minimum atomic E-state index is 0.705. The van der Waals surface area contributed by atoms with Gasteiger partial charge in [-0.3, -0.25) is 0 Å². The molecule has 12 rings (SSSR count). The molecule has 0 amide bonds. The Morgan fingerprint density at radius 1 is 0.242 bits per heavy atom. The van der Waals surface area contributed by atoms with Gasteiger partial charge in [0.25, 0.3) is 0 Å². The van der Waals surface area contributed by atoms with Gasteiger partial charge in [0.05, 0.1) is 33.5 Å². The molecule has 62 heavy (non-hydrogen) atoms. The van der Waals surface area contributed by atoms with Crippen molar-refractivity contribution < 1.29 is 0 Å². The van der Waals surface area contributed by atoms with Crippen LogP contribution in [-0.2, 0) is 0 Å². The van der Waals surface area contributed by atoms with Crippen LogP contribution in [0, 0.1) is 0 Å². The maximum atomic E-state index is 5.15. The largest absolute Gasteiger partial charge is 0.309 e. The number of hydrogen-bond acceptors (Lipinski definition) is 2. The molecule has 0 unspecified atom stereocenters. The molecule has 0 radical (unpaired) electrons. The van der Waals surface area contributed by atoms with Crippen molar-refractivity contribution in [1.29, 1.82) is 0 Å². The van der Waals surface area contributed by atoms with Crippen molar-refractivity contribution in [3.05, 3.63) is 231 Å². The van der Waals surface area contributed by atoms with E-state index in [-0.39, 0.29) is 0 Å². The lowest BCUT2D eigenvalue weighted by Gasteiger charge is -2.12. The van der Waals surface area contributed by atoms with Gasteiger partial charge in [0.2, 0.25) is 0 Å². The smallest absolute Gasteiger partial charge is 0.160 e. The fourth-order valence-electron chi connectivity index (χ4n) is 9.17. The Kier molecular flexibility index (Phi) is 8.46. The Labute approximate surface area is 359 Å². The predicted octanol–water partition coefficient (Wildman–Crippen LogP) is 15.0. The molecule has 0 aliphatic carbocycles. The third kappa shape index (κ3) is 6.08. The summed E-state index contributed by atoms with van der Waals surface area (Å²) in [4.78, 5) is 10.2. The lowest BCUT2D eigenvalue weighted by atomic mass is 10.0. The van der Waals surface area contributed by atoms with Gasteiger partial charge in [-0.05, 0) is 82.9 Å². The van der Waals surface area contributed by atoms with E-state index in [1.807, 2.05) is 24.3 Å². The van der Waals surface area contributed by atoms with E-state index in [9.17, 15) is 0 Å². The van der Waals surface area contributed by atoms with Gasteiger partial charge in [0.1, 0.15) is 0 Å². The van der Waals surface area contributed by atoms with Gasteiger partial charge in [-0.15, -0.1) is 0 Å². The normalized spacial score (nSPS) is 11.5. The first-order chi connectivity index (χ1) is 30.7. The van der Waals surface area contributed by atoms with E-state index in [0.29, 0.717) is 5.82 Å². The zero-order chi connectivity index (χ0) is 41.0. The van der Waals surface area contributed by atoms with Gasteiger partial charge < -0.3 is 9.13 Å². The summed E-state index contributed by atoms with van der Waals surface area (Å²) in [6.45, 7) is 0. The van der Waals surface area contributed by atoms with Crippen LogP contribution in [0.25, 0.3) is 111 Å². The molecule has 0 N–H and O–H groups in total. The van der Waals surface area contributed by atoms with Crippen molar-refractivity contribution in [2.75, 3.05) is 0 Å². The summed E-state index contributed by atoms with van der Waals surface area (Å²) in [7, 11) is 0. The molecular formula is C58H38N4. The van der Waals surface area contributed by atoms with Crippen LogP contribution < -0.4 is 0 Å². The molecule has 3 aromatic heterocycles. The molecule has 0 bridgehead atoms. The zero-order valence-corrected chi connectivity index (χ0v) is 33.7. The Balaban J connectivity index is 0.974. The number of nitrogens with zero attached hydrogens (tertiary/aromatic N) is 4. The molecule has 12 aromatic rings. The van der Waals surface area contributed by atoms with Crippen molar-refractivity contribution >= 4 is 43.6 Å². The molecule has 0 atom stereocenters. The highest BCUT2D eigenvalue weighted by molar-refractivity contribution is 6.12. The lowest BCUT2D eigenvalue weighted by molar-refractivity contribution is 1.16.